The van der Waals surface area contributed by atoms with E-state index in [2.05, 4.69) is 0 Å². The van der Waals surface area contributed by atoms with Crippen LogP contribution in [-0.2, 0) is 14.3 Å². The lowest BCUT2D eigenvalue weighted by Crippen LogP contribution is -2.04. The van der Waals surface area contributed by atoms with E-state index in [1.54, 1.807) is 0 Å². The third-order valence-corrected chi connectivity index (χ3v) is 3.01. The van der Waals surface area contributed by atoms with Crippen LogP contribution in [0.5, 0.6) is 0 Å². The molecule has 84 valence electrons. The Labute approximate surface area is 98.2 Å². The van der Waals surface area contributed by atoms with Gasteiger partial charge < -0.3 is 4.74 Å². The summed E-state index contributed by atoms with van der Waals surface area (Å²) in [5.74, 6) is -0.283. The summed E-state index contributed by atoms with van der Waals surface area (Å²) < 4.78 is 4.76. The number of ether oxygens (including phenoxy) is 1. The maximum absolute atomic E-state index is 11.3. The van der Waals surface area contributed by atoms with Crippen molar-refractivity contribution in [2.75, 3.05) is 0 Å². The fraction of sp³-hybridized carbons (Fsp3) is 0.600. The lowest BCUT2D eigenvalue weighted by atomic mass is 10.4. The summed E-state index contributed by atoms with van der Waals surface area (Å²) in [6.07, 6.45) is 2.79. The zero-order chi connectivity index (χ0) is 11.4. The van der Waals surface area contributed by atoms with Gasteiger partial charge in [0, 0.05) is 5.25 Å². The van der Waals surface area contributed by atoms with Crippen molar-refractivity contribution >= 4 is 34.4 Å². The fourth-order valence-corrected chi connectivity index (χ4v) is 1.61. The molecule has 1 aliphatic carbocycles. The average molecular weight is 249 g/mol. The first-order valence-corrected chi connectivity index (χ1v) is 6.03. The highest BCUT2D eigenvalue weighted by Crippen LogP contribution is 2.30. The van der Waals surface area contributed by atoms with Crippen LogP contribution in [0, 0.1) is 5.92 Å². The second kappa shape index (κ2) is 5.56. The first-order chi connectivity index (χ1) is 7.00. The number of halogens is 1. The molecular weight excluding hydrogens is 236 g/mol. The van der Waals surface area contributed by atoms with Gasteiger partial charge in [-0.3, -0.25) is 9.59 Å². The third-order valence-electron chi connectivity index (χ3n) is 1.73. The molecule has 0 aliphatic heterocycles. The Balaban J connectivity index is 2.36. The summed E-state index contributed by atoms with van der Waals surface area (Å²) in [5, 5.41) is -0.142. The zero-order valence-electron chi connectivity index (χ0n) is 8.66. The molecule has 0 spiro atoms. The standard InChI is InChI=1S/C10H13ClO3S/c1-6(2)15-10(13)8(11)5-14-9(12)7-3-4-7/h5-7H,3-4H2,1-2H3. The molecule has 1 fully saturated rings. The third kappa shape index (κ3) is 4.71. The van der Waals surface area contributed by atoms with Crippen LogP contribution < -0.4 is 0 Å². The summed E-state index contributed by atoms with van der Waals surface area (Å²) in [6.45, 7) is 3.78. The van der Waals surface area contributed by atoms with Crippen molar-refractivity contribution in [1.82, 2.24) is 0 Å². The number of carbonyl (C=O) groups is 2. The summed E-state index contributed by atoms with van der Waals surface area (Å²) in [5.41, 5.74) is 0. The average Bonchev–Trinajstić information content (AvgIpc) is 2.95. The SMILES string of the molecule is CC(C)SC(=O)C(Cl)=COC(=O)C1CC1. The summed E-state index contributed by atoms with van der Waals surface area (Å²) in [7, 11) is 0. The van der Waals surface area contributed by atoms with Crippen molar-refractivity contribution in [3.63, 3.8) is 0 Å². The zero-order valence-corrected chi connectivity index (χ0v) is 10.2. The minimum absolute atomic E-state index is 0.0126. The molecule has 1 saturated carbocycles. The van der Waals surface area contributed by atoms with Gasteiger partial charge in [0.05, 0.1) is 5.92 Å². The molecule has 15 heavy (non-hydrogen) atoms. The summed E-state index contributed by atoms with van der Waals surface area (Å²) >= 11 is 6.77. The van der Waals surface area contributed by atoms with Crippen molar-refractivity contribution in [2.24, 2.45) is 5.92 Å². The van der Waals surface area contributed by atoms with Gasteiger partial charge in [0.2, 0.25) is 5.12 Å². The van der Waals surface area contributed by atoms with Crippen molar-refractivity contribution in [3.8, 4) is 0 Å². The highest BCUT2D eigenvalue weighted by atomic mass is 35.5. The smallest absolute Gasteiger partial charge is 0.313 e. The Bertz CT molecular complexity index is 295. The van der Waals surface area contributed by atoms with Gasteiger partial charge in [-0.05, 0) is 12.8 Å². The van der Waals surface area contributed by atoms with Crippen LogP contribution in [0.3, 0.4) is 0 Å². The highest BCUT2D eigenvalue weighted by Gasteiger charge is 2.31. The second-order valence-corrected chi connectivity index (χ2v) is 5.59. The maximum Gasteiger partial charge on any atom is 0.313 e. The monoisotopic (exact) mass is 248 g/mol. The normalized spacial score (nSPS) is 16.7. The van der Waals surface area contributed by atoms with Crippen LogP contribution in [0.2, 0.25) is 0 Å². The lowest BCUT2D eigenvalue weighted by Gasteiger charge is -2.02. The van der Waals surface area contributed by atoms with Gasteiger partial charge in [0.15, 0.2) is 0 Å². The molecule has 0 aromatic rings. The van der Waals surface area contributed by atoms with Gasteiger partial charge in [0.25, 0.3) is 0 Å². The van der Waals surface area contributed by atoms with E-state index in [-0.39, 0.29) is 27.3 Å². The topological polar surface area (TPSA) is 43.4 Å². The first kappa shape index (κ1) is 12.6. The molecule has 0 bridgehead atoms. The quantitative estimate of drug-likeness (QED) is 0.436. The van der Waals surface area contributed by atoms with Gasteiger partial charge in [-0.25, -0.2) is 0 Å². The van der Waals surface area contributed by atoms with E-state index in [1.165, 1.54) is 0 Å². The number of carbonyl (C=O) groups excluding carboxylic acids is 2. The van der Waals surface area contributed by atoms with Crippen LogP contribution >= 0.6 is 23.4 Å². The van der Waals surface area contributed by atoms with Crippen LogP contribution in [0.15, 0.2) is 11.3 Å². The number of hydrogen-bond donors (Lipinski definition) is 0. The van der Waals surface area contributed by atoms with E-state index in [4.69, 9.17) is 16.3 Å². The fourth-order valence-electron chi connectivity index (χ4n) is 0.844. The Hall–Kier alpha value is -0.480. The van der Waals surface area contributed by atoms with E-state index in [0.717, 1.165) is 30.9 Å². The molecule has 0 N–H and O–H groups in total. The highest BCUT2D eigenvalue weighted by molar-refractivity contribution is 8.14. The van der Waals surface area contributed by atoms with Crippen LogP contribution in [0.4, 0.5) is 0 Å². The maximum atomic E-state index is 11.3. The number of rotatable bonds is 4. The van der Waals surface area contributed by atoms with Crippen molar-refractivity contribution in [2.45, 2.75) is 31.9 Å². The number of hydrogen-bond acceptors (Lipinski definition) is 4. The Kier molecular flexibility index (Phi) is 4.67. The van der Waals surface area contributed by atoms with Crippen molar-refractivity contribution < 1.29 is 14.3 Å². The first-order valence-electron chi connectivity index (χ1n) is 4.78. The minimum Gasteiger partial charge on any atom is -0.433 e. The molecule has 0 unspecified atom stereocenters. The van der Waals surface area contributed by atoms with Gasteiger partial charge in [-0.1, -0.05) is 37.2 Å². The van der Waals surface area contributed by atoms with E-state index in [9.17, 15) is 9.59 Å². The van der Waals surface area contributed by atoms with E-state index in [0.29, 0.717) is 0 Å². The van der Waals surface area contributed by atoms with E-state index < -0.39 is 0 Å². The van der Waals surface area contributed by atoms with Crippen LogP contribution in [-0.4, -0.2) is 16.3 Å². The van der Waals surface area contributed by atoms with Gasteiger partial charge in [-0.2, -0.15) is 0 Å². The van der Waals surface area contributed by atoms with E-state index >= 15 is 0 Å². The predicted octanol–water partition coefficient (Wildman–Crippen LogP) is 2.69. The molecule has 0 aromatic carbocycles. The van der Waals surface area contributed by atoms with Gasteiger partial charge in [-0.15, -0.1) is 0 Å². The second-order valence-electron chi connectivity index (χ2n) is 3.63. The van der Waals surface area contributed by atoms with Crippen LogP contribution in [0.1, 0.15) is 26.7 Å². The molecule has 1 aliphatic rings. The molecule has 0 aromatic heterocycles. The van der Waals surface area contributed by atoms with E-state index in [1.807, 2.05) is 13.8 Å². The Morgan fingerprint density at radius 2 is 2.07 bits per heavy atom. The van der Waals surface area contributed by atoms with Crippen LogP contribution in [0.25, 0.3) is 0 Å². The molecule has 5 heteroatoms. The number of esters is 1. The molecule has 0 heterocycles. The molecule has 1 rings (SSSR count). The predicted molar refractivity (Wildman–Crippen MR) is 60.5 cm³/mol. The molecule has 0 atom stereocenters. The molecule has 0 amide bonds. The Morgan fingerprint density at radius 3 is 2.53 bits per heavy atom. The van der Waals surface area contributed by atoms with Crippen molar-refractivity contribution in [1.29, 1.82) is 0 Å². The summed E-state index contributed by atoms with van der Waals surface area (Å²) in [6, 6.07) is 0. The minimum atomic E-state index is -0.296. The van der Waals surface area contributed by atoms with Crippen molar-refractivity contribution in [3.05, 3.63) is 11.3 Å². The largest absolute Gasteiger partial charge is 0.433 e. The molecule has 0 saturated heterocycles. The molecular formula is C10H13ClO3S. The lowest BCUT2D eigenvalue weighted by molar-refractivity contribution is -0.139. The Morgan fingerprint density at radius 1 is 1.47 bits per heavy atom. The number of thioether (sulfide) groups is 1. The molecule has 0 radical (unpaired) electrons. The van der Waals surface area contributed by atoms with Gasteiger partial charge >= 0.3 is 5.97 Å². The van der Waals surface area contributed by atoms with Gasteiger partial charge in [0.1, 0.15) is 11.3 Å². The molecule has 3 nitrogen and oxygen atoms in total. The summed E-state index contributed by atoms with van der Waals surface area (Å²) in [4.78, 5) is 22.4.